The van der Waals surface area contributed by atoms with Gasteiger partial charge < -0.3 is 9.73 Å². The first-order chi connectivity index (χ1) is 8.08. The Kier molecular flexibility index (Phi) is 3.44. The molecular weight excluding hydrogens is 309 g/mol. The number of anilines is 1. The van der Waals surface area contributed by atoms with Gasteiger partial charge in [0.1, 0.15) is 0 Å². The summed E-state index contributed by atoms with van der Waals surface area (Å²) >= 11 is 9.09. The molecule has 2 heterocycles. The number of rotatable bonds is 2. The molecule has 2 rings (SSSR count). The standard InChI is InChI=1S/C10H7BrClN3O2/c1-5-8(17-4-14-5)10(16)15-7-2-6(11)3-13-9(7)12/h2-4H,1H3,(H,15,16). The van der Waals surface area contributed by atoms with Crippen molar-refractivity contribution in [3.05, 3.63) is 39.7 Å². The van der Waals surface area contributed by atoms with Crippen molar-refractivity contribution in [2.24, 2.45) is 0 Å². The maximum Gasteiger partial charge on any atom is 0.293 e. The van der Waals surface area contributed by atoms with Crippen molar-refractivity contribution in [1.29, 1.82) is 0 Å². The Hall–Kier alpha value is -1.40. The minimum absolute atomic E-state index is 0.154. The fourth-order valence-electron chi connectivity index (χ4n) is 1.21. The molecular formula is C10H7BrClN3O2. The number of amides is 1. The van der Waals surface area contributed by atoms with Crippen molar-refractivity contribution in [3.8, 4) is 0 Å². The number of nitrogens with zero attached hydrogens (tertiary/aromatic N) is 2. The molecule has 2 aromatic rings. The minimum atomic E-state index is -0.415. The number of nitrogens with one attached hydrogen (secondary N) is 1. The maximum absolute atomic E-state index is 11.8. The molecule has 0 fully saturated rings. The van der Waals surface area contributed by atoms with Crippen molar-refractivity contribution < 1.29 is 9.21 Å². The van der Waals surface area contributed by atoms with E-state index in [1.165, 1.54) is 12.6 Å². The van der Waals surface area contributed by atoms with E-state index in [1.807, 2.05) is 0 Å². The zero-order valence-electron chi connectivity index (χ0n) is 8.70. The van der Waals surface area contributed by atoms with Gasteiger partial charge in [-0.15, -0.1) is 0 Å². The molecule has 0 aromatic carbocycles. The van der Waals surface area contributed by atoms with E-state index in [0.29, 0.717) is 15.9 Å². The van der Waals surface area contributed by atoms with Crippen LogP contribution in [0.3, 0.4) is 0 Å². The van der Waals surface area contributed by atoms with E-state index in [9.17, 15) is 4.79 Å². The van der Waals surface area contributed by atoms with Crippen LogP contribution in [0.25, 0.3) is 0 Å². The summed E-state index contributed by atoms with van der Waals surface area (Å²) in [4.78, 5) is 19.5. The largest absolute Gasteiger partial charge is 0.438 e. The van der Waals surface area contributed by atoms with Crippen LogP contribution in [-0.2, 0) is 0 Å². The molecule has 7 heteroatoms. The maximum atomic E-state index is 11.8. The first-order valence-corrected chi connectivity index (χ1v) is 5.77. The van der Waals surface area contributed by atoms with Gasteiger partial charge in [-0.05, 0) is 28.9 Å². The van der Waals surface area contributed by atoms with Gasteiger partial charge in [0.05, 0.1) is 11.4 Å². The lowest BCUT2D eigenvalue weighted by atomic mass is 10.3. The molecule has 0 saturated carbocycles. The zero-order chi connectivity index (χ0) is 12.4. The quantitative estimate of drug-likeness (QED) is 0.865. The average Bonchev–Trinajstić information content (AvgIpc) is 2.70. The summed E-state index contributed by atoms with van der Waals surface area (Å²) in [6.45, 7) is 1.68. The van der Waals surface area contributed by atoms with Crippen LogP contribution in [0.15, 0.2) is 27.5 Å². The van der Waals surface area contributed by atoms with Crippen LogP contribution in [0.2, 0.25) is 5.15 Å². The van der Waals surface area contributed by atoms with Gasteiger partial charge in [0.2, 0.25) is 5.76 Å². The molecule has 0 aliphatic heterocycles. The van der Waals surface area contributed by atoms with E-state index in [4.69, 9.17) is 16.0 Å². The fourth-order valence-corrected chi connectivity index (χ4v) is 1.69. The SMILES string of the molecule is Cc1ncoc1C(=O)Nc1cc(Br)cnc1Cl. The van der Waals surface area contributed by atoms with Crippen LogP contribution in [0, 0.1) is 6.92 Å². The predicted octanol–water partition coefficient (Wildman–Crippen LogP) is 3.05. The van der Waals surface area contributed by atoms with E-state index in [-0.39, 0.29) is 10.9 Å². The number of halogens is 2. The minimum Gasteiger partial charge on any atom is -0.438 e. The van der Waals surface area contributed by atoms with Crippen LogP contribution in [0.5, 0.6) is 0 Å². The van der Waals surface area contributed by atoms with Crippen molar-refractivity contribution in [2.75, 3.05) is 5.32 Å². The summed E-state index contributed by atoms with van der Waals surface area (Å²) in [6.07, 6.45) is 2.75. The Bertz CT molecular complexity index is 570. The molecule has 0 aliphatic carbocycles. The van der Waals surface area contributed by atoms with Crippen LogP contribution < -0.4 is 5.32 Å². The number of hydrogen-bond donors (Lipinski definition) is 1. The summed E-state index contributed by atoms with van der Waals surface area (Å²) in [5.74, 6) is -0.261. The molecule has 0 spiro atoms. The third-order valence-corrected chi connectivity index (χ3v) is 2.74. The van der Waals surface area contributed by atoms with Crippen molar-refractivity contribution in [1.82, 2.24) is 9.97 Å². The highest BCUT2D eigenvalue weighted by molar-refractivity contribution is 9.10. The fraction of sp³-hybridized carbons (Fsp3) is 0.100. The number of pyridine rings is 1. The Morgan fingerprint density at radius 3 is 2.94 bits per heavy atom. The molecule has 0 saturated heterocycles. The van der Waals surface area contributed by atoms with Gasteiger partial charge in [-0.1, -0.05) is 11.6 Å². The second kappa shape index (κ2) is 4.85. The lowest BCUT2D eigenvalue weighted by Gasteiger charge is -2.05. The summed E-state index contributed by atoms with van der Waals surface area (Å²) in [7, 11) is 0. The number of oxazole rings is 1. The van der Waals surface area contributed by atoms with Gasteiger partial charge in [0.25, 0.3) is 5.91 Å². The van der Waals surface area contributed by atoms with Crippen LogP contribution in [0.1, 0.15) is 16.2 Å². The second-order valence-electron chi connectivity index (χ2n) is 3.21. The molecule has 88 valence electrons. The van der Waals surface area contributed by atoms with Crippen LogP contribution in [0.4, 0.5) is 5.69 Å². The molecule has 0 bridgehead atoms. The first-order valence-electron chi connectivity index (χ1n) is 4.60. The van der Waals surface area contributed by atoms with Gasteiger partial charge in [-0.25, -0.2) is 9.97 Å². The third kappa shape index (κ3) is 2.65. The van der Waals surface area contributed by atoms with Crippen LogP contribution >= 0.6 is 27.5 Å². The van der Waals surface area contributed by atoms with Gasteiger partial charge >= 0.3 is 0 Å². The molecule has 2 aromatic heterocycles. The molecule has 5 nitrogen and oxygen atoms in total. The predicted molar refractivity (Wildman–Crippen MR) is 66.1 cm³/mol. The Labute approximate surface area is 110 Å². The molecule has 1 N–H and O–H groups in total. The number of carbonyl (C=O) groups excluding carboxylic acids is 1. The smallest absolute Gasteiger partial charge is 0.293 e. The number of hydrogen-bond acceptors (Lipinski definition) is 4. The van der Waals surface area contributed by atoms with Gasteiger partial charge in [-0.2, -0.15) is 0 Å². The lowest BCUT2D eigenvalue weighted by Crippen LogP contribution is -2.13. The highest BCUT2D eigenvalue weighted by atomic mass is 79.9. The number of aryl methyl sites for hydroxylation is 1. The highest BCUT2D eigenvalue weighted by Gasteiger charge is 2.15. The van der Waals surface area contributed by atoms with E-state index in [2.05, 4.69) is 31.2 Å². The Morgan fingerprint density at radius 1 is 1.53 bits per heavy atom. The zero-order valence-corrected chi connectivity index (χ0v) is 11.0. The van der Waals surface area contributed by atoms with E-state index < -0.39 is 5.91 Å². The highest BCUT2D eigenvalue weighted by Crippen LogP contribution is 2.23. The number of carbonyl (C=O) groups is 1. The number of aromatic nitrogens is 2. The van der Waals surface area contributed by atoms with Crippen molar-refractivity contribution >= 4 is 39.1 Å². The first kappa shape index (κ1) is 12.1. The second-order valence-corrected chi connectivity index (χ2v) is 4.49. The molecule has 0 atom stereocenters. The molecule has 0 unspecified atom stereocenters. The van der Waals surface area contributed by atoms with E-state index in [0.717, 1.165) is 0 Å². The summed E-state index contributed by atoms with van der Waals surface area (Å²) in [5.41, 5.74) is 0.920. The third-order valence-electron chi connectivity index (χ3n) is 2.01. The summed E-state index contributed by atoms with van der Waals surface area (Å²) < 4.78 is 5.68. The molecule has 1 amide bonds. The Balaban J connectivity index is 2.24. The van der Waals surface area contributed by atoms with Gasteiger partial charge in [0, 0.05) is 10.7 Å². The average molecular weight is 317 g/mol. The van der Waals surface area contributed by atoms with E-state index >= 15 is 0 Å². The van der Waals surface area contributed by atoms with Crippen molar-refractivity contribution in [3.63, 3.8) is 0 Å². The molecule has 17 heavy (non-hydrogen) atoms. The van der Waals surface area contributed by atoms with Gasteiger partial charge in [0.15, 0.2) is 11.5 Å². The molecule has 0 aliphatic rings. The topological polar surface area (TPSA) is 68.0 Å². The Morgan fingerprint density at radius 2 is 2.29 bits per heavy atom. The monoisotopic (exact) mass is 315 g/mol. The van der Waals surface area contributed by atoms with Gasteiger partial charge in [-0.3, -0.25) is 4.79 Å². The molecule has 0 radical (unpaired) electrons. The lowest BCUT2D eigenvalue weighted by molar-refractivity contribution is 0.0996. The summed E-state index contributed by atoms with van der Waals surface area (Å²) in [6, 6.07) is 1.65. The van der Waals surface area contributed by atoms with Crippen LogP contribution in [-0.4, -0.2) is 15.9 Å². The van der Waals surface area contributed by atoms with E-state index in [1.54, 1.807) is 13.0 Å². The summed E-state index contributed by atoms with van der Waals surface area (Å²) in [5, 5.41) is 2.80. The van der Waals surface area contributed by atoms with Crippen molar-refractivity contribution in [2.45, 2.75) is 6.92 Å². The normalized spacial score (nSPS) is 10.3.